The molecule has 0 aliphatic carbocycles. The van der Waals surface area contributed by atoms with Gasteiger partial charge in [-0.05, 0) is 6.42 Å². The first-order valence-electron chi connectivity index (χ1n) is 3.84. The summed E-state index contributed by atoms with van der Waals surface area (Å²) in [5.74, 6) is -1.49. The molecule has 6 heteroatoms. The van der Waals surface area contributed by atoms with Crippen LogP contribution in [0.3, 0.4) is 0 Å². The lowest BCUT2D eigenvalue weighted by atomic mass is 10.4. The van der Waals surface area contributed by atoms with Crippen molar-refractivity contribution >= 4 is 11.9 Å². The van der Waals surface area contributed by atoms with Gasteiger partial charge in [0.15, 0.2) is 0 Å². The van der Waals surface area contributed by atoms with Gasteiger partial charge in [-0.2, -0.15) is 0 Å². The molecule has 0 radical (unpaired) electrons. The summed E-state index contributed by atoms with van der Waals surface area (Å²) < 4.78 is 4.51. The van der Waals surface area contributed by atoms with Crippen molar-refractivity contribution in [3.05, 3.63) is 0 Å². The fourth-order valence-corrected chi connectivity index (χ4v) is 0.589. The van der Waals surface area contributed by atoms with Gasteiger partial charge in [-0.25, -0.2) is 4.79 Å². The number of aliphatic hydroxyl groups excluding tert-OH is 1. The maximum Gasteiger partial charge on any atom is 0.329 e. The molecule has 76 valence electrons. The number of rotatable bonds is 7. The van der Waals surface area contributed by atoms with Gasteiger partial charge in [0.25, 0.3) is 0 Å². The minimum atomic E-state index is -1.11. The Morgan fingerprint density at radius 3 is 2.54 bits per heavy atom. The summed E-state index contributed by atoms with van der Waals surface area (Å²) in [6, 6.07) is 0. The van der Waals surface area contributed by atoms with Crippen LogP contribution in [-0.2, 0) is 14.3 Å². The Bertz CT molecular complexity index is 170. The summed E-state index contributed by atoms with van der Waals surface area (Å²) in [7, 11) is 0. The molecule has 0 aromatic heterocycles. The molecular formula is C7H13NO5. The molecule has 0 aromatic carbocycles. The molecule has 0 fully saturated rings. The van der Waals surface area contributed by atoms with Crippen LogP contribution in [0.25, 0.3) is 0 Å². The summed E-state index contributed by atoms with van der Waals surface area (Å²) in [5.41, 5.74) is 0. The molecule has 0 aliphatic heterocycles. The van der Waals surface area contributed by atoms with Crippen LogP contribution in [0.4, 0.5) is 0 Å². The number of aliphatic carboxylic acids is 1. The van der Waals surface area contributed by atoms with E-state index < -0.39 is 12.6 Å². The van der Waals surface area contributed by atoms with Crippen molar-refractivity contribution in [1.82, 2.24) is 5.32 Å². The first kappa shape index (κ1) is 11.9. The fourth-order valence-electron chi connectivity index (χ4n) is 0.589. The molecule has 0 unspecified atom stereocenters. The fraction of sp³-hybridized carbons (Fsp3) is 0.714. The van der Waals surface area contributed by atoms with E-state index in [-0.39, 0.29) is 19.1 Å². The van der Waals surface area contributed by atoms with Crippen LogP contribution >= 0.6 is 0 Å². The SMILES string of the molecule is O=C(O)COCC(=O)NCCCO. The van der Waals surface area contributed by atoms with Crippen LogP contribution in [0.5, 0.6) is 0 Å². The number of hydrogen-bond acceptors (Lipinski definition) is 4. The molecule has 0 spiro atoms. The third-order valence-electron chi connectivity index (χ3n) is 1.12. The molecule has 0 heterocycles. The van der Waals surface area contributed by atoms with Gasteiger partial charge < -0.3 is 20.3 Å². The van der Waals surface area contributed by atoms with Gasteiger partial charge in [0, 0.05) is 13.2 Å². The normalized spacial score (nSPS) is 9.62. The lowest BCUT2D eigenvalue weighted by Crippen LogP contribution is -2.29. The van der Waals surface area contributed by atoms with Gasteiger partial charge >= 0.3 is 5.97 Å². The van der Waals surface area contributed by atoms with Gasteiger partial charge in [0.05, 0.1) is 0 Å². The molecule has 0 saturated carbocycles. The highest BCUT2D eigenvalue weighted by Crippen LogP contribution is 1.77. The van der Waals surface area contributed by atoms with E-state index in [0.29, 0.717) is 13.0 Å². The number of hydrogen-bond donors (Lipinski definition) is 3. The van der Waals surface area contributed by atoms with Crippen molar-refractivity contribution in [3.8, 4) is 0 Å². The molecule has 0 aliphatic rings. The average Bonchev–Trinajstić information content (AvgIpc) is 2.04. The van der Waals surface area contributed by atoms with E-state index in [4.69, 9.17) is 10.2 Å². The smallest absolute Gasteiger partial charge is 0.329 e. The van der Waals surface area contributed by atoms with Gasteiger partial charge in [0.2, 0.25) is 5.91 Å². The quantitative estimate of drug-likeness (QED) is 0.429. The van der Waals surface area contributed by atoms with Crippen molar-refractivity contribution < 1.29 is 24.5 Å². The number of nitrogens with one attached hydrogen (secondary N) is 1. The predicted octanol–water partition coefficient (Wildman–Crippen LogP) is -1.41. The number of aliphatic hydroxyl groups is 1. The minimum absolute atomic E-state index is 0.0102. The molecule has 0 saturated heterocycles. The first-order valence-corrected chi connectivity index (χ1v) is 3.84. The maximum atomic E-state index is 10.8. The Kier molecular flexibility index (Phi) is 6.85. The molecule has 13 heavy (non-hydrogen) atoms. The maximum absolute atomic E-state index is 10.8. The average molecular weight is 191 g/mol. The summed E-state index contributed by atoms with van der Waals surface area (Å²) in [4.78, 5) is 20.7. The molecule has 0 rings (SSSR count). The highest BCUT2D eigenvalue weighted by atomic mass is 16.5. The third kappa shape index (κ3) is 8.77. The predicted molar refractivity (Wildman–Crippen MR) is 43.2 cm³/mol. The van der Waals surface area contributed by atoms with Crippen molar-refractivity contribution in [1.29, 1.82) is 0 Å². The van der Waals surface area contributed by atoms with Crippen LogP contribution in [-0.4, -0.2) is 48.5 Å². The molecule has 0 aromatic rings. The van der Waals surface area contributed by atoms with Crippen molar-refractivity contribution in [3.63, 3.8) is 0 Å². The van der Waals surface area contributed by atoms with Gasteiger partial charge in [-0.3, -0.25) is 4.79 Å². The number of carboxylic acid groups (broad SMARTS) is 1. The van der Waals surface area contributed by atoms with E-state index in [9.17, 15) is 9.59 Å². The highest BCUT2D eigenvalue weighted by Gasteiger charge is 2.02. The largest absolute Gasteiger partial charge is 0.480 e. The Morgan fingerprint density at radius 2 is 2.00 bits per heavy atom. The summed E-state index contributed by atoms with van der Waals surface area (Å²) in [6.45, 7) is -0.368. The second kappa shape index (κ2) is 7.51. The van der Waals surface area contributed by atoms with Gasteiger partial charge in [-0.15, -0.1) is 0 Å². The van der Waals surface area contributed by atoms with E-state index in [1.165, 1.54) is 0 Å². The molecule has 0 bridgehead atoms. The zero-order valence-electron chi connectivity index (χ0n) is 7.15. The van der Waals surface area contributed by atoms with Crippen molar-refractivity contribution in [2.45, 2.75) is 6.42 Å². The van der Waals surface area contributed by atoms with Crippen LogP contribution in [0.2, 0.25) is 0 Å². The monoisotopic (exact) mass is 191 g/mol. The third-order valence-corrected chi connectivity index (χ3v) is 1.12. The number of carbonyl (C=O) groups is 2. The van der Waals surface area contributed by atoms with Crippen LogP contribution in [0.1, 0.15) is 6.42 Å². The molecular weight excluding hydrogens is 178 g/mol. The summed E-state index contributed by atoms with van der Waals surface area (Å²) in [6.07, 6.45) is 0.477. The zero-order valence-corrected chi connectivity index (χ0v) is 7.15. The van der Waals surface area contributed by atoms with Crippen LogP contribution < -0.4 is 5.32 Å². The number of ether oxygens (including phenoxy) is 1. The number of carboxylic acids is 1. The molecule has 1 amide bonds. The number of carbonyl (C=O) groups excluding carboxylic acids is 1. The molecule has 0 atom stereocenters. The Labute approximate surface area is 75.5 Å². The topological polar surface area (TPSA) is 95.9 Å². The summed E-state index contributed by atoms with van der Waals surface area (Å²) in [5, 5.41) is 19.0. The van der Waals surface area contributed by atoms with E-state index in [1.807, 2.05) is 0 Å². The zero-order chi connectivity index (χ0) is 10.1. The van der Waals surface area contributed by atoms with Crippen LogP contribution in [0.15, 0.2) is 0 Å². The lowest BCUT2D eigenvalue weighted by Gasteiger charge is -2.03. The molecule has 6 nitrogen and oxygen atoms in total. The van der Waals surface area contributed by atoms with Crippen molar-refractivity contribution in [2.24, 2.45) is 0 Å². The van der Waals surface area contributed by atoms with Gasteiger partial charge in [0.1, 0.15) is 13.2 Å². The second-order valence-corrected chi connectivity index (χ2v) is 2.31. The molecule has 3 N–H and O–H groups in total. The highest BCUT2D eigenvalue weighted by molar-refractivity contribution is 5.77. The lowest BCUT2D eigenvalue weighted by molar-refractivity contribution is -0.143. The first-order chi connectivity index (χ1) is 6.16. The standard InChI is InChI=1S/C7H13NO5/c9-3-1-2-8-6(10)4-13-5-7(11)12/h9H,1-5H2,(H,8,10)(H,11,12). The minimum Gasteiger partial charge on any atom is -0.480 e. The Hall–Kier alpha value is -1.14. The Morgan fingerprint density at radius 1 is 1.31 bits per heavy atom. The van der Waals surface area contributed by atoms with Crippen molar-refractivity contribution in [2.75, 3.05) is 26.4 Å². The van der Waals surface area contributed by atoms with E-state index in [1.54, 1.807) is 0 Å². The van der Waals surface area contributed by atoms with Gasteiger partial charge in [-0.1, -0.05) is 0 Å². The van der Waals surface area contributed by atoms with Crippen LogP contribution in [0, 0.1) is 0 Å². The van der Waals surface area contributed by atoms with E-state index >= 15 is 0 Å². The Balaban J connectivity index is 3.25. The second-order valence-electron chi connectivity index (χ2n) is 2.31. The number of amides is 1. The summed E-state index contributed by atoms with van der Waals surface area (Å²) >= 11 is 0. The van der Waals surface area contributed by atoms with E-state index in [0.717, 1.165) is 0 Å². The van der Waals surface area contributed by atoms with E-state index in [2.05, 4.69) is 10.1 Å².